The first kappa shape index (κ1) is 16.2. The van der Waals surface area contributed by atoms with Crippen LogP contribution >= 0.6 is 0 Å². The number of rotatable bonds is 3. The van der Waals surface area contributed by atoms with E-state index < -0.39 is 5.41 Å². The molecular formula is C19H19NO4. The van der Waals surface area contributed by atoms with Gasteiger partial charge in [-0.1, -0.05) is 20.8 Å². The number of phenolic OH excluding ortho intramolecular Hbond substituents is 1. The molecular weight excluding hydrogens is 306 g/mol. The maximum atomic E-state index is 12.1. The first-order valence-corrected chi connectivity index (χ1v) is 7.84. The molecule has 0 saturated heterocycles. The van der Waals surface area contributed by atoms with Gasteiger partial charge < -0.3 is 9.52 Å². The Morgan fingerprint density at radius 3 is 2.67 bits per heavy atom. The molecule has 0 aromatic heterocycles. The number of aromatic hydroxyl groups is 1. The quantitative estimate of drug-likeness (QED) is 0.745. The standard InChI is InChI=1S/C19H19NO4/c1-19(2,3)18(23)7-4-11-8-14-17(10-15(11)22)24-16-9-12(21)5-6-13(16)20-14/h5-6,8-10,22H,4,7H2,1-3H3. The highest BCUT2D eigenvalue weighted by Gasteiger charge is 2.21. The lowest BCUT2D eigenvalue weighted by Gasteiger charge is -2.16. The second kappa shape index (κ2) is 5.74. The summed E-state index contributed by atoms with van der Waals surface area (Å²) in [5, 5.41) is 10.2. The van der Waals surface area contributed by atoms with Crippen LogP contribution in [0.3, 0.4) is 0 Å². The van der Waals surface area contributed by atoms with E-state index in [0.29, 0.717) is 41.0 Å². The second-order valence-electron chi connectivity index (χ2n) is 6.97. The number of aryl methyl sites for hydroxylation is 1. The van der Waals surface area contributed by atoms with Crippen LogP contribution in [0.5, 0.6) is 5.75 Å². The number of phenols is 1. The van der Waals surface area contributed by atoms with Crippen molar-refractivity contribution in [3.05, 3.63) is 46.1 Å². The van der Waals surface area contributed by atoms with Crippen molar-refractivity contribution in [1.82, 2.24) is 4.98 Å². The minimum absolute atomic E-state index is 0.0624. The summed E-state index contributed by atoms with van der Waals surface area (Å²) in [7, 11) is 0. The van der Waals surface area contributed by atoms with Crippen molar-refractivity contribution in [1.29, 1.82) is 0 Å². The van der Waals surface area contributed by atoms with Gasteiger partial charge in [0.1, 0.15) is 22.7 Å². The molecule has 0 saturated carbocycles. The zero-order chi connectivity index (χ0) is 17.5. The van der Waals surface area contributed by atoms with E-state index >= 15 is 0 Å². The van der Waals surface area contributed by atoms with Crippen molar-refractivity contribution in [2.75, 3.05) is 0 Å². The fourth-order valence-corrected chi connectivity index (χ4v) is 2.51. The van der Waals surface area contributed by atoms with E-state index in [4.69, 9.17) is 4.42 Å². The highest BCUT2D eigenvalue weighted by molar-refractivity contribution is 5.84. The molecule has 1 aromatic rings. The molecule has 0 unspecified atom stereocenters. The Hall–Kier alpha value is -2.69. The third-order valence-electron chi connectivity index (χ3n) is 4.01. The first-order valence-electron chi connectivity index (χ1n) is 7.84. The first-order chi connectivity index (χ1) is 11.2. The topological polar surface area (TPSA) is 80.4 Å². The number of benzene rings is 2. The molecule has 1 heterocycles. The Morgan fingerprint density at radius 2 is 1.96 bits per heavy atom. The molecule has 0 fully saturated rings. The smallest absolute Gasteiger partial charge is 0.182 e. The van der Waals surface area contributed by atoms with Crippen LogP contribution in [0.2, 0.25) is 0 Å². The van der Waals surface area contributed by atoms with E-state index in [0.717, 1.165) is 0 Å². The monoisotopic (exact) mass is 325 g/mol. The van der Waals surface area contributed by atoms with Gasteiger partial charge in [-0.05, 0) is 30.2 Å². The van der Waals surface area contributed by atoms with Gasteiger partial charge >= 0.3 is 0 Å². The molecule has 2 aliphatic rings. The van der Waals surface area contributed by atoms with E-state index in [9.17, 15) is 14.7 Å². The highest BCUT2D eigenvalue weighted by atomic mass is 16.3. The molecule has 3 rings (SSSR count). The fraction of sp³-hybridized carbons (Fsp3) is 0.316. The van der Waals surface area contributed by atoms with E-state index in [2.05, 4.69) is 4.98 Å². The van der Waals surface area contributed by atoms with Crippen molar-refractivity contribution in [2.24, 2.45) is 5.41 Å². The number of ketones is 1. The van der Waals surface area contributed by atoms with Crippen LogP contribution in [0, 0.1) is 5.41 Å². The van der Waals surface area contributed by atoms with Crippen LogP contribution in [-0.2, 0) is 11.2 Å². The van der Waals surface area contributed by atoms with Crippen molar-refractivity contribution in [3.63, 3.8) is 0 Å². The van der Waals surface area contributed by atoms with Crippen LogP contribution in [0.1, 0.15) is 32.8 Å². The lowest BCUT2D eigenvalue weighted by atomic mass is 9.87. The average Bonchev–Trinajstić information content (AvgIpc) is 2.50. The van der Waals surface area contributed by atoms with Crippen LogP contribution in [-0.4, -0.2) is 15.9 Å². The van der Waals surface area contributed by atoms with Gasteiger partial charge in [0.2, 0.25) is 0 Å². The summed E-state index contributed by atoms with van der Waals surface area (Å²) < 4.78 is 5.65. The van der Waals surface area contributed by atoms with Crippen LogP contribution in [0.4, 0.5) is 0 Å². The Kier molecular flexibility index (Phi) is 3.87. The summed E-state index contributed by atoms with van der Waals surface area (Å²) in [4.78, 5) is 27.9. The molecule has 124 valence electrons. The molecule has 24 heavy (non-hydrogen) atoms. The summed E-state index contributed by atoms with van der Waals surface area (Å²) in [5.74, 6) is 0.582. The molecule has 1 aromatic carbocycles. The number of hydrogen-bond donors (Lipinski definition) is 1. The van der Waals surface area contributed by atoms with Crippen LogP contribution < -0.4 is 5.43 Å². The molecule has 1 N–H and O–H groups in total. The fourth-order valence-electron chi connectivity index (χ4n) is 2.51. The lowest BCUT2D eigenvalue weighted by Crippen LogP contribution is -2.20. The van der Waals surface area contributed by atoms with Gasteiger partial charge in [0.25, 0.3) is 0 Å². The lowest BCUT2D eigenvalue weighted by molar-refractivity contribution is -0.126. The minimum atomic E-state index is -0.397. The Labute approximate surface area is 139 Å². The number of nitrogens with zero attached hydrogens (tertiary/aromatic N) is 1. The van der Waals surface area contributed by atoms with Gasteiger partial charge in [-0.3, -0.25) is 9.59 Å². The summed E-state index contributed by atoms with van der Waals surface area (Å²) in [5.41, 5.74) is 1.65. The number of carbonyl (C=O) groups is 1. The zero-order valence-electron chi connectivity index (χ0n) is 13.9. The summed E-state index contributed by atoms with van der Waals surface area (Å²) in [6.45, 7) is 5.64. The van der Waals surface area contributed by atoms with Gasteiger partial charge in [-0.15, -0.1) is 0 Å². The van der Waals surface area contributed by atoms with Gasteiger partial charge in [0.15, 0.2) is 16.8 Å². The Balaban J connectivity index is 1.99. The van der Waals surface area contributed by atoms with Crippen molar-refractivity contribution in [2.45, 2.75) is 33.6 Å². The SMILES string of the molecule is CC(C)(C)C(=O)CCc1cc2nc3ccc(=O)cc-3oc2cc1O. The molecule has 0 amide bonds. The summed E-state index contributed by atoms with van der Waals surface area (Å²) in [6.07, 6.45) is 0.796. The number of aromatic nitrogens is 1. The maximum absolute atomic E-state index is 12.1. The van der Waals surface area contributed by atoms with Gasteiger partial charge in [0, 0.05) is 24.0 Å². The molecule has 1 aliphatic carbocycles. The number of carbonyl (C=O) groups excluding carboxylic acids is 1. The average molecular weight is 325 g/mol. The van der Waals surface area contributed by atoms with Gasteiger partial charge in [-0.2, -0.15) is 0 Å². The molecule has 0 radical (unpaired) electrons. The normalized spacial score (nSPS) is 12.0. The molecule has 1 aliphatic heterocycles. The van der Waals surface area contributed by atoms with Crippen molar-refractivity contribution >= 4 is 16.9 Å². The molecule has 0 atom stereocenters. The number of hydrogen-bond acceptors (Lipinski definition) is 5. The highest BCUT2D eigenvalue weighted by Crippen LogP contribution is 2.30. The van der Waals surface area contributed by atoms with Gasteiger partial charge in [0.05, 0.1) is 0 Å². The van der Waals surface area contributed by atoms with Crippen LogP contribution in [0.25, 0.3) is 22.6 Å². The third kappa shape index (κ3) is 3.15. The zero-order valence-corrected chi connectivity index (χ0v) is 13.9. The number of Topliss-reactive ketones (excluding diaryl/α,β-unsaturated/α-hetero) is 1. The van der Waals surface area contributed by atoms with E-state index in [1.165, 1.54) is 18.2 Å². The predicted molar refractivity (Wildman–Crippen MR) is 91.3 cm³/mol. The summed E-state index contributed by atoms with van der Waals surface area (Å²) in [6, 6.07) is 7.62. The third-order valence-corrected chi connectivity index (χ3v) is 4.01. The van der Waals surface area contributed by atoms with E-state index in [1.807, 2.05) is 20.8 Å². The Bertz CT molecular complexity index is 950. The van der Waals surface area contributed by atoms with Crippen LogP contribution in [0.15, 0.2) is 39.5 Å². The second-order valence-corrected chi connectivity index (χ2v) is 6.97. The predicted octanol–water partition coefficient (Wildman–Crippen LogP) is 3.55. The molecule has 0 spiro atoms. The van der Waals surface area contributed by atoms with Crippen molar-refractivity contribution < 1.29 is 14.3 Å². The van der Waals surface area contributed by atoms with E-state index in [1.54, 1.807) is 12.1 Å². The summed E-state index contributed by atoms with van der Waals surface area (Å²) >= 11 is 0. The molecule has 5 nitrogen and oxygen atoms in total. The Morgan fingerprint density at radius 1 is 1.21 bits per heavy atom. The minimum Gasteiger partial charge on any atom is -0.508 e. The maximum Gasteiger partial charge on any atom is 0.182 e. The van der Waals surface area contributed by atoms with Gasteiger partial charge in [-0.25, -0.2) is 4.98 Å². The van der Waals surface area contributed by atoms with Crippen molar-refractivity contribution in [3.8, 4) is 17.2 Å². The number of fused-ring (bicyclic) bond motifs is 2. The molecule has 5 heteroatoms. The molecule has 0 bridgehead atoms. The largest absolute Gasteiger partial charge is 0.508 e. The van der Waals surface area contributed by atoms with E-state index in [-0.39, 0.29) is 17.0 Å².